The highest BCUT2D eigenvalue weighted by molar-refractivity contribution is 5.94. The Morgan fingerprint density at radius 2 is 2.09 bits per heavy atom. The standard InChI is InChI=1S/C24H24N6O4/c25-10-17-3-1-2-16-8-15(9-18(16)17)12-29-6-4-24(5-7-29)14-30(23(32)34-24)19-11-26-22-21(27-19)28-20(31)13-33-22/h1-3,11,15H,4-9,12-14H2,(H,27,28,31). The number of carbonyl (C=O) groups excluding carboxylic acids is 2. The van der Waals surface area contributed by atoms with E-state index in [2.05, 4.69) is 32.3 Å². The largest absolute Gasteiger partial charge is 0.465 e. The SMILES string of the molecule is N#Cc1cccc2c1CC(CN1CCC3(CC1)CN(c1cnc4c(n1)NC(=O)CO4)C(=O)O3)C2. The zero-order valence-corrected chi connectivity index (χ0v) is 18.6. The molecule has 1 aromatic carbocycles. The molecule has 6 rings (SSSR count). The number of piperidine rings is 1. The Balaban J connectivity index is 1.08. The normalized spacial score (nSPS) is 23.0. The molecule has 10 nitrogen and oxygen atoms in total. The minimum absolute atomic E-state index is 0.0984. The van der Waals surface area contributed by atoms with Crippen LogP contribution in [-0.2, 0) is 22.4 Å². The second-order valence-electron chi connectivity index (χ2n) is 9.49. The van der Waals surface area contributed by atoms with Gasteiger partial charge in [-0.3, -0.25) is 9.69 Å². The van der Waals surface area contributed by atoms with Crippen LogP contribution in [0.3, 0.4) is 0 Å². The number of carbonyl (C=O) groups is 2. The van der Waals surface area contributed by atoms with Crippen molar-refractivity contribution in [3.63, 3.8) is 0 Å². The number of nitrogens with one attached hydrogen (secondary N) is 1. The molecule has 0 radical (unpaired) electrons. The van der Waals surface area contributed by atoms with Crippen LogP contribution >= 0.6 is 0 Å². The van der Waals surface area contributed by atoms with Crippen molar-refractivity contribution >= 4 is 23.6 Å². The number of nitriles is 1. The number of benzene rings is 1. The van der Waals surface area contributed by atoms with Gasteiger partial charge in [0.05, 0.1) is 24.4 Å². The molecule has 1 aromatic heterocycles. The van der Waals surface area contributed by atoms with Crippen LogP contribution in [0.25, 0.3) is 0 Å². The summed E-state index contributed by atoms with van der Waals surface area (Å²) in [5.74, 6) is 1.00. The average Bonchev–Trinajstić information content (AvgIpc) is 3.40. The lowest BCUT2D eigenvalue weighted by Crippen LogP contribution is -2.48. The van der Waals surface area contributed by atoms with Crippen molar-refractivity contribution in [1.82, 2.24) is 14.9 Å². The molecule has 10 heteroatoms. The molecule has 4 heterocycles. The third kappa shape index (κ3) is 3.62. The predicted octanol–water partition coefficient (Wildman–Crippen LogP) is 1.89. The van der Waals surface area contributed by atoms with Gasteiger partial charge in [0.1, 0.15) is 5.60 Å². The first-order valence-electron chi connectivity index (χ1n) is 11.6. The highest BCUT2D eigenvalue weighted by atomic mass is 16.6. The van der Waals surface area contributed by atoms with E-state index in [0.717, 1.165) is 50.9 Å². The summed E-state index contributed by atoms with van der Waals surface area (Å²) in [5, 5.41) is 12.0. The van der Waals surface area contributed by atoms with Crippen LogP contribution < -0.4 is 15.0 Å². The summed E-state index contributed by atoms with van der Waals surface area (Å²) in [6, 6.07) is 8.33. The topological polar surface area (TPSA) is 121 Å². The number of hydrogen-bond donors (Lipinski definition) is 1. The van der Waals surface area contributed by atoms with E-state index in [-0.39, 0.29) is 24.2 Å². The van der Waals surface area contributed by atoms with Gasteiger partial charge in [0.25, 0.3) is 11.8 Å². The lowest BCUT2D eigenvalue weighted by molar-refractivity contribution is -0.118. The molecule has 3 aliphatic heterocycles. The third-order valence-corrected chi connectivity index (χ3v) is 7.25. The Kier molecular flexibility index (Phi) is 4.88. The number of likely N-dealkylation sites (tertiary alicyclic amines) is 1. The molecule has 2 amide bonds. The molecule has 34 heavy (non-hydrogen) atoms. The molecule has 174 valence electrons. The van der Waals surface area contributed by atoms with Crippen molar-refractivity contribution in [2.45, 2.75) is 31.3 Å². The van der Waals surface area contributed by atoms with Crippen LogP contribution in [0.4, 0.5) is 16.4 Å². The quantitative estimate of drug-likeness (QED) is 0.737. The summed E-state index contributed by atoms with van der Waals surface area (Å²) < 4.78 is 11.1. The van der Waals surface area contributed by atoms with Gasteiger partial charge in [0.15, 0.2) is 18.2 Å². The monoisotopic (exact) mass is 460 g/mol. The van der Waals surface area contributed by atoms with Gasteiger partial charge >= 0.3 is 6.09 Å². The number of fused-ring (bicyclic) bond motifs is 2. The Morgan fingerprint density at radius 3 is 2.91 bits per heavy atom. The summed E-state index contributed by atoms with van der Waals surface area (Å²) >= 11 is 0. The minimum Gasteiger partial charge on any atom is -0.465 e. The number of ether oxygens (including phenoxy) is 2. The molecule has 1 aliphatic carbocycles. The van der Waals surface area contributed by atoms with Crippen molar-refractivity contribution in [3.8, 4) is 11.9 Å². The van der Waals surface area contributed by atoms with Gasteiger partial charge in [-0.05, 0) is 36.0 Å². The molecular weight excluding hydrogens is 436 g/mol. The maximum atomic E-state index is 12.7. The highest BCUT2D eigenvalue weighted by Gasteiger charge is 2.48. The lowest BCUT2D eigenvalue weighted by Gasteiger charge is -2.38. The van der Waals surface area contributed by atoms with Gasteiger partial charge < -0.3 is 19.7 Å². The van der Waals surface area contributed by atoms with E-state index < -0.39 is 11.7 Å². The van der Waals surface area contributed by atoms with Gasteiger partial charge in [0.2, 0.25) is 0 Å². The number of amides is 2. The molecule has 1 atom stereocenters. The van der Waals surface area contributed by atoms with Crippen molar-refractivity contribution < 1.29 is 19.1 Å². The van der Waals surface area contributed by atoms with E-state index in [0.29, 0.717) is 18.3 Å². The van der Waals surface area contributed by atoms with Crippen LogP contribution in [0.15, 0.2) is 24.4 Å². The minimum atomic E-state index is -0.544. The Hall–Kier alpha value is -3.71. The van der Waals surface area contributed by atoms with Crippen molar-refractivity contribution in [2.24, 2.45) is 5.92 Å². The summed E-state index contributed by atoms with van der Waals surface area (Å²) in [5.41, 5.74) is 2.76. The first-order chi connectivity index (χ1) is 16.5. The van der Waals surface area contributed by atoms with Crippen molar-refractivity contribution in [1.29, 1.82) is 5.26 Å². The van der Waals surface area contributed by atoms with Crippen molar-refractivity contribution in [3.05, 3.63) is 41.1 Å². The fourth-order valence-electron chi connectivity index (χ4n) is 5.53. The maximum Gasteiger partial charge on any atom is 0.416 e. The molecule has 1 spiro atoms. The van der Waals surface area contributed by atoms with Gasteiger partial charge in [-0.25, -0.2) is 14.8 Å². The lowest BCUT2D eigenvalue weighted by atomic mass is 9.90. The van der Waals surface area contributed by atoms with Crippen LogP contribution in [-0.4, -0.2) is 65.3 Å². The molecular formula is C24H24N6O4. The molecule has 0 bridgehead atoms. The van der Waals surface area contributed by atoms with Crippen LogP contribution in [0, 0.1) is 17.2 Å². The van der Waals surface area contributed by atoms with Crippen molar-refractivity contribution in [2.75, 3.05) is 43.0 Å². The summed E-state index contributed by atoms with van der Waals surface area (Å²) in [6.45, 7) is 2.97. The number of aromatic nitrogens is 2. The Morgan fingerprint density at radius 1 is 1.24 bits per heavy atom. The Labute approximate surface area is 196 Å². The number of rotatable bonds is 3. The van der Waals surface area contributed by atoms with Gasteiger partial charge in [-0.2, -0.15) is 5.26 Å². The predicted molar refractivity (Wildman–Crippen MR) is 120 cm³/mol. The number of anilines is 2. The van der Waals surface area contributed by atoms with Gasteiger partial charge in [-0.1, -0.05) is 12.1 Å². The van der Waals surface area contributed by atoms with E-state index in [1.54, 1.807) is 0 Å². The zero-order valence-electron chi connectivity index (χ0n) is 18.6. The smallest absolute Gasteiger partial charge is 0.416 e. The first-order valence-corrected chi connectivity index (χ1v) is 11.6. The molecule has 2 aromatic rings. The second-order valence-corrected chi connectivity index (χ2v) is 9.49. The fraction of sp³-hybridized carbons (Fsp3) is 0.458. The maximum absolute atomic E-state index is 12.7. The fourth-order valence-corrected chi connectivity index (χ4v) is 5.53. The zero-order chi connectivity index (χ0) is 23.3. The van der Waals surface area contributed by atoms with E-state index in [9.17, 15) is 14.9 Å². The molecule has 2 saturated heterocycles. The molecule has 4 aliphatic rings. The highest BCUT2D eigenvalue weighted by Crippen LogP contribution is 2.37. The van der Waals surface area contributed by atoms with Crippen LogP contribution in [0.1, 0.15) is 29.5 Å². The van der Waals surface area contributed by atoms with Gasteiger partial charge in [0, 0.05) is 32.5 Å². The second kappa shape index (κ2) is 7.95. The first kappa shape index (κ1) is 20.9. The van der Waals surface area contributed by atoms with Gasteiger partial charge in [-0.15, -0.1) is 0 Å². The van der Waals surface area contributed by atoms with E-state index in [1.807, 2.05) is 12.1 Å². The third-order valence-electron chi connectivity index (χ3n) is 7.25. The number of nitrogens with zero attached hydrogens (tertiary/aromatic N) is 5. The van der Waals surface area contributed by atoms with E-state index >= 15 is 0 Å². The number of hydrogen-bond acceptors (Lipinski definition) is 8. The average molecular weight is 460 g/mol. The van der Waals surface area contributed by atoms with Crippen LogP contribution in [0.2, 0.25) is 0 Å². The summed E-state index contributed by atoms with van der Waals surface area (Å²) in [6.07, 6.45) is 4.47. The summed E-state index contributed by atoms with van der Waals surface area (Å²) in [7, 11) is 0. The van der Waals surface area contributed by atoms with E-state index in [1.165, 1.54) is 22.2 Å². The molecule has 1 N–H and O–H groups in total. The Bertz CT molecular complexity index is 1220. The molecule has 2 fully saturated rings. The summed E-state index contributed by atoms with van der Waals surface area (Å²) in [4.78, 5) is 36.8. The van der Waals surface area contributed by atoms with E-state index in [4.69, 9.17) is 9.47 Å². The molecule has 0 saturated carbocycles. The van der Waals surface area contributed by atoms with Crippen LogP contribution in [0.5, 0.6) is 5.88 Å². The molecule has 1 unspecified atom stereocenters.